The van der Waals surface area contributed by atoms with Crippen LogP contribution in [0.2, 0.25) is 0 Å². The molecule has 1 aromatic carbocycles. The van der Waals surface area contributed by atoms with E-state index in [0.717, 1.165) is 24.6 Å². The number of fused-ring (bicyclic) bond motifs is 2. The van der Waals surface area contributed by atoms with E-state index < -0.39 is 0 Å². The number of nitrogens with zero attached hydrogens (tertiary/aromatic N) is 4. The molecule has 2 N–H and O–H groups in total. The minimum absolute atomic E-state index is 0.181. The lowest BCUT2D eigenvalue weighted by Crippen LogP contribution is -2.47. The average molecular weight is 341 g/mol. The van der Waals surface area contributed by atoms with Gasteiger partial charge in [-0.25, -0.2) is 15.4 Å². The summed E-state index contributed by atoms with van der Waals surface area (Å²) < 4.78 is 0. The van der Waals surface area contributed by atoms with Crippen molar-refractivity contribution in [1.82, 2.24) is 15.4 Å². The molecule has 2 unspecified atom stereocenters. The van der Waals surface area contributed by atoms with Crippen molar-refractivity contribution in [1.29, 1.82) is 0 Å². The summed E-state index contributed by atoms with van der Waals surface area (Å²) in [5, 5.41) is 7.26. The maximum absolute atomic E-state index is 8.81. The van der Waals surface area contributed by atoms with Crippen LogP contribution in [-0.4, -0.2) is 46.8 Å². The minimum Gasteiger partial charge on any atom is -0.365 e. The molecule has 25 heavy (non-hydrogen) atoms. The van der Waals surface area contributed by atoms with E-state index in [1.807, 2.05) is 19.3 Å². The number of anilines is 2. The third kappa shape index (κ3) is 3.71. The third-order valence-electron chi connectivity index (χ3n) is 4.65. The lowest BCUT2D eigenvalue weighted by Gasteiger charge is -2.35. The first-order chi connectivity index (χ1) is 12.1. The van der Waals surface area contributed by atoms with Crippen LogP contribution < -0.4 is 15.3 Å². The summed E-state index contributed by atoms with van der Waals surface area (Å²) in [6, 6.07) is 9.94. The van der Waals surface area contributed by atoms with Gasteiger partial charge in [0.15, 0.2) is 0 Å². The number of aryl methyl sites for hydroxylation is 2. The summed E-state index contributed by atoms with van der Waals surface area (Å²) in [7, 11) is 0. The van der Waals surface area contributed by atoms with Crippen LogP contribution in [0.3, 0.4) is 0 Å². The highest BCUT2D eigenvalue weighted by Crippen LogP contribution is 2.36. The molecule has 4 rings (SSSR count). The van der Waals surface area contributed by atoms with E-state index in [9.17, 15) is 0 Å². The van der Waals surface area contributed by atoms with Gasteiger partial charge in [0, 0.05) is 37.2 Å². The van der Waals surface area contributed by atoms with Crippen molar-refractivity contribution < 1.29 is 10.0 Å². The van der Waals surface area contributed by atoms with Crippen LogP contribution in [0.5, 0.6) is 0 Å². The molecule has 2 aliphatic heterocycles. The summed E-state index contributed by atoms with van der Waals surface area (Å²) in [5.41, 5.74) is 5.05. The van der Waals surface area contributed by atoms with Gasteiger partial charge in [-0.15, -0.1) is 0 Å². The van der Waals surface area contributed by atoms with Crippen molar-refractivity contribution in [3.8, 4) is 0 Å². The maximum Gasteiger partial charge on any atom is 0.230 e. The Bertz CT molecular complexity index is 722. The smallest absolute Gasteiger partial charge is 0.230 e. The van der Waals surface area contributed by atoms with Crippen LogP contribution in [0.4, 0.5) is 11.6 Å². The summed E-state index contributed by atoms with van der Waals surface area (Å²) in [6.45, 7) is 6.29. The number of rotatable bonds is 3. The monoisotopic (exact) mass is 341 g/mol. The van der Waals surface area contributed by atoms with Gasteiger partial charge in [0.2, 0.25) is 12.4 Å². The number of benzene rings is 1. The van der Waals surface area contributed by atoms with Crippen LogP contribution in [0.25, 0.3) is 0 Å². The number of hydroxylamine groups is 1. The van der Waals surface area contributed by atoms with Crippen molar-refractivity contribution in [3.05, 3.63) is 47.8 Å². The second-order valence-corrected chi connectivity index (χ2v) is 6.49. The number of carbonyl (C=O) groups is 1. The Morgan fingerprint density at radius 1 is 1.12 bits per heavy atom. The Hall–Kier alpha value is -2.67. The van der Waals surface area contributed by atoms with E-state index in [4.69, 9.17) is 10.0 Å². The summed E-state index contributed by atoms with van der Waals surface area (Å²) >= 11 is 0. The van der Waals surface area contributed by atoms with Crippen molar-refractivity contribution in [2.75, 3.05) is 22.9 Å². The van der Waals surface area contributed by atoms with Crippen molar-refractivity contribution in [2.24, 2.45) is 0 Å². The molecule has 2 fully saturated rings. The Morgan fingerprint density at radius 3 is 2.32 bits per heavy atom. The second kappa shape index (κ2) is 7.48. The number of piperazine rings is 1. The molecule has 2 atom stereocenters. The molecule has 2 bridgehead atoms. The number of amides is 1. The Morgan fingerprint density at radius 2 is 1.76 bits per heavy atom. The molecule has 0 spiro atoms. The lowest BCUT2D eigenvalue weighted by molar-refractivity contribution is -0.116. The summed E-state index contributed by atoms with van der Waals surface area (Å²) in [6.07, 6.45) is 5.21. The molecule has 1 amide bonds. The molecule has 132 valence electrons. The normalized spacial score (nSPS) is 20.9. The molecule has 0 aliphatic carbocycles. The zero-order valence-corrected chi connectivity index (χ0v) is 14.5. The average Bonchev–Trinajstić information content (AvgIpc) is 3.23. The third-order valence-corrected chi connectivity index (χ3v) is 4.65. The lowest BCUT2D eigenvalue weighted by atomic mass is 10.2. The zero-order valence-electron chi connectivity index (χ0n) is 14.5. The van der Waals surface area contributed by atoms with Crippen molar-refractivity contribution in [3.63, 3.8) is 0 Å². The second-order valence-electron chi connectivity index (χ2n) is 6.49. The predicted octanol–water partition coefficient (Wildman–Crippen LogP) is 1.68. The first kappa shape index (κ1) is 17.2. The molecule has 2 aliphatic rings. The number of hydrogen-bond acceptors (Lipinski definition) is 6. The molecule has 7 nitrogen and oxygen atoms in total. The van der Waals surface area contributed by atoms with Gasteiger partial charge < -0.3 is 9.80 Å². The molecular formula is C18H23N5O2. The number of hydrogen-bond donors (Lipinski definition) is 2. The molecule has 0 saturated carbocycles. The van der Waals surface area contributed by atoms with E-state index in [1.165, 1.54) is 23.2 Å². The number of carbonyl (C=O) groups excluding carboxylic acids is 1. The Balaban J connectivity index is 0.000000415. The molecule has 3 heterocycles. The highest BCUT2D eigenvalue weighted by Gasteiger charge is 2.44. The van der Waals surface area contributed by atoms with Crippen LogP contribution in [0.15, 0.2) is 36.7 Å². The van der Waals surface area contributed by atoms with Gasteiger partial charge in [-0.1, -0.05) is 12.1 Å². The molecule has 7 heteroatoms. The Labute approximate surface area is 147 Å². The van der Waals surface area contributed by atoms with Crippen molar-refractivity contribution in [2.45, 2.75) is 32.4 Å². The van der Waals surface area contributed by atoms with Gasteiger partial charge in [-0.2, -0.15) is 0 Å². The largest absolute Gasteiger partial charge is 0.365 e. The molecule has 2 saturated heterocycles. The minimum atomic E-state index is 0.181. The number of nitrogens with one attached hydrogen (secondary N) is 1. The predicted molar refractivity (Wildman–Crippen MR) is 95.8 cm³/mol. The quantitative estimate of drug-likeness (QED) is 0.502. The van der Waals surface area contributed by atoms with Gasteiger partial charge in [0.25, 0.3) is 0 Å². The molecular weight excluding hydrogens is 318 g/mol. The zero-order chi connectivity index (χ0) is 17.8. The van der Waals surface area contributed by atoms with E-state index in [2.05, 4.69) is 51.0 Å². The SMILES string of the molecule is Cc1cnc(N2CC3CC2CN3c2cccc(C)c2)nc1.O=CNO. The fourth-order valence-corrected chi connectivity index (χ4v) is 3.57. The fraction of sp³-hybridized carbons (Fsp3) is 0.389. The van der Waals surface area contributed by atoms with E-state index in [-0.39, 0.29) is 6.41 Å². The van der Waals surface area contributed by atoms with Crippen molar-refractivity contribution >= 4 is 18.0 Å². The molecule has 1 aromatic heterocycles. The summed E-state index contributed by atoms with van der Waals surface area (Å²) in [5.74, 6) is 0.886. The Kier molecular flexibility index (Phi) is 5.14. The topological polar surface area (TPSA) is 81.6 Å². The standard InChI is InChI=1S/C17H20N4.CH3NO2/c1-12-4-3-5-14(6-12)20-10-16-7-15(20)11-21(16)17-18-8-13(2)9-19-17;3-1-2-4/h3-6,8-9,15-16H,7,10-11H2,1-2H3;1,4H,(H,2,3). The maximum atomic E-state index is 8.81. The van der Waals surface area contributed by atoms with Gasteiger partial charge in [0.1, 0.15) is 0 Å². The van der Waals surface area contributed by atoms with Gasteiger partial charge in [-0.3, -0.25) is 10.0 Å². The first-order valence-corrected chi connectivity index (χ1v) is 8.34. The molecule has 2 aromatic rings. The van der Waals surface area contributed by atoms with Crippen LogP contribution in [0.1, 0.15) is 17.5 Å². The number of aromatic nitrogens is 2. The van der Waals surface area contributed by atoms with Crippen LogP contribution >= 0.6 is 0 Å². The van der Waals surface area contributed by atoms with Gasteiger partial charge in [0.05, 0.1) is 6.04 Å². The van der Waals surface area contributed by atoms with Gasteiger partial charge in [-0.05, 0) is 43.5 Å². The van der Waals surface area contributed by atoms with E-state index in [1.54, 1.807) is 0 Å². The highest BCUT2D eigenvalue weighted by molar-refractivity contribution is 5.54. The molecule has 0 radical (unpaired) electrons. The van der Waals surface area contributed by atoms with Crippen LogP contribution in [-0.2, 0) is 4.79 Å². The van der Waals surface area contributed by atoms with Crippen LogP contribution in [0, 0.1) is 13.8 Å². The van der Waals surface area contributed by atoms with E-state index >= 15 is 0 Å². The first-order valence-electron chi connectivity index (χ1n) is 8.34. The highest BCUT2D eigenvalue weighted by atomic mass is 16.5. The van der Waals surface area contributed by atoms with E-state index in [0.29, 0.717) is 12.1 Å². The van der Waals surface area contributed by atoms with Gasteiger partial charge >= 0.3 is 0 Å². The summed E-state index contributed by atoms with van der Waals surface area (Å²) in [4.78, 5) is 22.7. The fourth-order valence-electron chi connectivity index (χ4n) is 3.57.